The van der Waals surface area contributed by atoms with Gasteiger partial charge in [-0.05, 0) is 37.7 Å². The van der Waals surface area contributed by atoms with Crippen LogP contribution in [-0.2, 0) is 9.53 Å². The van der Waals surface area contributed by atoms with Crippen LogP contribution < -0.4 is 16.2 Å². The highest BCUT2D eigenvalue weighted by molar-refractivity contribution is 7.80. The van der Waals surface area contributed by atoms with Crippen molar-refractivity contribution in [2.75, 3.05) is 32.8 Å². The van der Waals surface area contributed by atoms with Crippen molar-refractivity contribution in [3.63, 3.8) is 0 Å². The quantitative estimate of drug-likeness (QED) is 0.141. The zero-order valence-corrected chi connectivity index (χ0v) is 15.3. The summed E-state index contributed by atoms with van der Waals surface area (Å²) in [6.07, 6.45) is 0.708. The summed E-state index contributed by atoms with van der Waals surface area (Å²) in [7, 11) is 0. The molecule has 1 aromatic heterocycles. The fourth-order valence-corrected chi connectivity index (χ4v) is 2.67. The van der Waals surface area contributed by atoms with Crippen molar-refractivity contribution in [1.29, 1.82) is 0 Å². The molecule has 142 valence electrons. The van der Waals surface area contributed by atoms with Gasteiger partial charge in [-0.25, -0.2) is 5.43 Å². The SMILES string of the molecule is CCNC(=S)NNCCC1CN(C(=O)c2ccc(C(=O)C=O)o2)CCO1. The number of Topliss-reactive ketones (excluding diaryl/α,β-unsaturated/α-hetero) is 1. The number of carbonyl (C=O) groups excluding carboxylic acids is 3. The van der Waals surface area contributed by atoms with E-state index in [1.165, 1.54) is 12.1 Å². The average molecular weight is 382 g/mol. The van der Waals surface area contributed by atoms with E-state index in [1.54, 1.807) is 4.90 Å². The van der Waals surface area contributed by atoms with Gasteiger partial charge in [0.05, 0.1) is 12.7 Å². The van der Waals surface area contributed by atoms with Crippen LogP contribution in [0.15, 0.2) is 16.5 Å². The Labute approximate surface area is 156 Å². The van der Waals surface area contributed by atoms with Crippen LogP contribution in [0.4, 0.5) is 0 Å². The van der Waals surface area contributed by atoms with Gasteiger partial charge >= 0.3 is 0 Å². The van der Waals surface area contributed by atoms with Gasteiger partial charge in [-0.2, -0.15) is 0 Å². The molecule has 1 atom stereocenters. The molecule has 1 saturated heterocycles. The molecule has 0 aromatic carbocycles. The molecular formula is C16H22N4O5S. The number of nitrogens with zero attached hydrogens (tertiary/aromatic N) is 1. The molecule has 1 unspecified atom stereocenters. The minimum Gasteiger partial charge on any atom is -0.447 e. The molecule has 1 fully saturated rings. The number of amides is 1. The third kappa shape index (κ3) is 5.61. The Kier molecular flexibility index (Phi) is 7.70. The van der Waals surface area contributed by atoms with Gasteiger partial charge in [-0.15, -0.1) is 0 Å². The lowest BCUT2D eigenvalue weighted by Crippen LogP contribution is -2.48. The lowest BCUT2D eigenvalue weighted by Gasteiger charge is -2.32. The van der Waals surface area contributed by atoms with Crippen molar-refractivity contribution < 1.29 is 23.5 Å². The van der Waals surface area contributed by atoms with Gasteiger partial charge in [0.25, 0.3) is 11.7 Å². The summed E-state index contributed by atoms with van der Waals surface area (Å²) in [5.74, 6) is -1.23. The van der Waals surface area contributed by atoms with Gasteiger partial charge in [0, 0.05) is 26.2 Å². The largest absolute Gasteiger partial charge is 0.447 e. The highest BCUT2D eigenvalue weighted by atomic mass is 32.1. The van der Waals surface area contributed by atoms with Crippen molar-refractivity contribution in [2.45, 2.75) is 19.4 Å². The number of morpholine rings is 1. The summed E-state index contributed by atoms with van der Waals surface area (Å²) >= 11 is 5.03. The zero-order chi connectivity index (χ0) is 18.9. The molecular weight excluding hydrogens is 360 g/mol. The van der Waals surface area contributed by atoms with Crippen LogP contribution in [0.25, 0.3) is 0 Å². The Morgan fingerprint density at radius 2 is 2.15 bits per heavy atom. The fourth-order valence-electron chi connectivity index (χ4n) is 2.46. The number of rotatable bonds is 8. The van der Waals surface area contributed by atoms with Crippen molar-refractivity contribution in [3.8, 4) is 0 Å². The van der Waals surface area contributed by atoms with E-state index in [9.17, 15) is 14.4 Å². The molecule has 0 radical (unpaired) electrons. The normalized spacial score (nSPS) is 16.8. The Hall–Kier alpha value is -2.30. The molecule has 0 saturated carbocycles. The smallest absolute Gasteiger partial charge is 0.289 e. The number of hydrogen-bond donors (Lipinski definition) is 3. The highest BCUT2D eigenvalue weighted by Crippen LogP contribution is 2.15. The molecule has 1 aromatic rings. The summed E-state index contributed by atoms with van der Waals surface area (Å²) in [5.41, 5.74) is 5.85. The van der Waals surface area contributed by atoms with Crippen LogP contribution >= 0.6 is 12.2 Å². The molecule has 26 heavy (non-hydrogen) atoms. The summed E-state index contributed by atoms with van der Waals surface area (Å²) in [6, 6.07) is 2.72. The number of hydrogen-bond acceptors (Lipinski definition) is 7. The number of ether oxygens (including phenoxy) is 1. The van der Waals surface area contributed by atoms with Crippen molar-refractivity contribution in [3.05, 3.63) is 23.7 Å². The Bertz CT molecular complexity index is 663. The summed E-state index contributed by atoms with van der Waals surface area (Å²) in [4.78, 5) is 35.9. The third-order valence-corrected chi connectivity index (χ3v) is 3.97. The molecule has 9 nitrogen and oxygen atoms in total. The predicted octanol–water partition coefficient (Wildman–Crippen LogP) is -0.119. The van der Waals surface area contributed by atoms with E-state index >= 15 is 0 Å². The first-order chi connectivity index (χ1) is 12.5. The maximum atomic E-state index is 12.5. The second-order valence-electron chi connectivity index (χ2n) is 5.59. The van der Waals surface area contributed by atoms with Gasteiger partial charge in [0.15, 0.2) is 22.9 Å². The number of ketones is 1. The van der Waals surface area contributed by atoms with Gasteiger partial charge in [-0.3, -0.25) is 19.8 Å². The molecule has 1 aliphatic heterocycles. The Morgan fingerprint density at radius 1 is 1.38 bits per heavy atom. The van der Waals surface area contributed by atoms with Gasteiger partial charge in [-0.1, -0.05) is 0 Å². The summed E-state index contributed by atoms with van der Waals surface area (Å²) in [6.45, 7) is 4.56. The summed E-state index contributed by atoms with van der Waals surface area (Å²) < 4.78 is 10.8. The van der Waals surface area contributed by atoms with E-state index in [4.69, 9.17) is 21.4 Å². The Morgan fingerprint density at radius 3 is 2.88 bits per heavy atom. The fraction of sp³-hybridized carbons (Fsp3) is 0.500. The first-order valence-corrected chi connectivity index (χ1v) is 8.73. The first-order valence-electron chi connectivity index (χ1n) is 8.32. The lowest BCUT2D eigenvalue weighted by molar-refractivity contribution is -0.104. The summed E-state index contributed by atoms with van der Waals surface area (Å²) in [5, 5.41) is 3.48. The van der Waals surface area contributed by atoms with Crippen molar-refractivity contribution >= 4 is 35.3 Å². The van der Waals surface area contributed by atoms with Gasteiger partial charge < -0.3 is 19.4 Å². The Balaban J connectivity index is 1.80. The zero-order valence-electron chi connectivity index (χ0n) is 14.4. The monoisotopic (exact) mass is 382 g/mol. The molecule has 0 bridgehead atoms. The van der Waals surface area contributed by atoms with Gasteiger partial charge in [0.1, 0.15) is 0 Å². The highest BCUT2D eigenvalue weighted by Gasteiger charge is 2.27. The minimum absolute atomic E-state index is 0.0339. The standard InChI is InChI=1S/C16H22N4O5S/c1-2-17-16(26)19-18-6-5-11-9-20(7-8-24-11)15(23)14-4-3-13(25-14)12(22)10-21/h3-4,10-11,18H,2,5-9H2,1H3,(H2,17,19,26). The molecule has 10 heteroatoms. The number of hydrazine groups is 1. The van der Waals surface area contributed by atoms with E-state index in [1.807, 2.05) is 6.92 Å². The van der Waals surface area contributed by atoms with Crippen molar-refractivity contribution in [2.24, 2.45) is 0 Å². The van der Waals surface area contributed by atoms with Crippen LogP contribution in [0.1, 0.15) is 34.5 Å². The topological polar surface area (TPSA) is 113 Å². The predicted molar refractivity (Wildman–Crippen MR) is 96.8 cm³/mol. The molecule has 2 heterocycles. The number of thiocarbonyl (C=S) groups is 1. The van der Waals surface area contributed by atoms with E-state index in [2.05, 4.69) is 16.2 Å². The average Bonchev–Trinajstić information content (AvgIpc) is 3.14. The van der Waals surface area contributed by atoms with E-state index in [0.717, 1.165) is 6.54 Å². The number of aldehydes is 1. The molecule has 1 amide bonds. The maximum absolute atomic E-state index is 12.5. The van der Waals surface area contributed by atoms with E-state index in [-0.39, 0.29) is 29.8 Å². The second-order valence-corrected chi connectivity index (χ2v) is 6.00. The van der Waals surface area contributed by atoms with Crippen LogP contribution in [0.3, 0.4) is 0 Å². The molecule has 0 spiro atoms. The molecule has 1 aliphatic rings. The van der Waals surface area contributed by atoms with Crippen LogP contribution in [0.2, 0.25) is 0 Å². The maximum Gasteiger partial charge on any atom is 0.289 e. The number of furan rings is 1. The number of carbonyl (C=O) groups is 3. The van der Waals surface area contributed by atoms with E-state index in [0.29, 0.717) is 37.8 Å². The first kappa shape index (κ1) is 20.0. The van der Waals surface area contributed by atoms with Crippen LogP contribution in [-0.4, -0.2) is 66.9 Å². The van der Waals surface area contributed by atoms with Crippen molar-refractivity contribution in [1.82, 2.24) is 21.1 Å². The molecule has 0 aliphatic carbocycles. The molecule has 3 N–H and O–H groups in total. The second kappa shape index (κ2) is 10.00. The van der Waals surface area contributed by atoms with Gasteiger partial charge in [0.2, 0.25) is 0 Å². The van der Waals surface area contributed by atoms with E-state index < -0.39 is 5.78 Å². The third-order valence-electron chi connectivity index (χ3n) is 3.72. The lowest BCUT2D eigenvalue weighted by atomic mass is 10.2. The van der Waals surface area contributed by atoms with Crippen LogP contribution in [0.5, 0.6) is 0 Å². The number of nitrogens with one attached hydrogen (secondary N) is 3. The molecule has 2 rings (SSSR count). The minimum atomic E-state index is -0.794. The van der Waals surface area contributed by atoms with Crippen LogP contribution in [0, 0.1) is 0 Å².